The Kier molecular flexibility index (Phi) is 5.26. The molecule has 2 N–H and O–H groups in total. The average molecular weight is 241 g/mol. The second-order valence-corrected chi connectivity index (χ2v) is 6.08. The molecule has 0 aromatic carbocycles. The number of rotatable bonds is 4. The van der Waals surface area contributed by atoms with Crippen LogP contribution in [-0.2, 0) is 4.89 Å². The summed E-state index contributed by atoms with van der Waals surface area (Å²) in [6, 6.07) is 1.26. The molecule has 0 aliphatic heterocycles. The van der Waals surface area contributed by atoms with Gasteiger partial charge in [-0.05, 0) is 31.6 Å². The summed E-state index contributed by atoms with van der Waals surface area (Å²) in [4.78, 5) is 4.40. The van der Waals surface area contributed by atoms with Crippen molar-refractivity contribution >= 4 is 0 Å². The van der Waals surface area contributed by atoms with E-state index in [9.17, 15) is 0 Å². The van der Waals surface area contributed by atoms with Crippen molar-refractivity contribution in [1.29, 1.82) is 0 Å². The van der Waals surface area contributed by atoms with E-state index in [2.05, 4.69) is 17.1 Å². The minimum Gasteiger partial charge on any atom is -0.311 e. The van der Waals surface area contributed by atoms with E-state index in [1.165, 1.54) is 51.4 Å². The highest BCUT2D eigenvalue weighted by molar-refractivity contribution is 4.86. The summed E-state index contributed by atoms with van der Waals surface area (Å²) in [7, 11) is 0. The van der Waals surface area contributed by atoms with Gasteiger partial charge in [0.05, 0.1) is 6.61 Å². The van der Waals surface area contributed by atoms with Gasteiger partial charge >= 0.3 is 0 Å². The second kappa shape index (κ2) is 6.72. The van der Waals surface area contributed by atoms with Crippen molar-refractivity contribution in [1.82, 2.24) is 5.32 Å². The third-order valence-corrected chi connectivity index (χ3v) is 4.60. The van der Waals surface area contributed by atoms with Gasteiger partial charge in [0.15, 0.2) is 0 Å². The lowest BCUT2D eigenvalue weighted by Gasteiger charge is -2.38. The van der Waals surface area contributed by atoms with Crippen molar-refractivity contribution in [3.63, 3.8) is 0 Å². The summed E-state index contributed by atoms with van der Waals surface area (Å²) in [5.74, 6) is 1.31. The highest BCUT2D eigenvalue weighted by Gasteiger charge is 2.30. The van der Waals surface area contributed by atoms with Gasteiger partial charge in [0, 0.05) is 18.0 Å². The van der Waals surface area contributed by atoms with Crippen LogP contribution in [0, 0.1) is 11.8 Å². The zero-order valence-corrected chi connectivity index (χ0v) is 11.0. The minimum atomic E-state index is 0.497. The topological polar surface area (TPSA) is 41.5 Å². The van der Waals surface area contributed by atoms with Crippen LogP contribution in [0.15, 0.2) is 0 Å². The average Bonchev–Trinajstić information content (AvgIpc) is 2.34. The van der Waals surface area contributed by atoms with Gasteiger partial charge in [-0.1, -0.05) is 32.6 Å². The molecular weight excluding hydrogens is 214 g/mol. The number of nitrogens with one attached hydrogen (secondary N) is 1. The van der Waals surface area contributed by atoms with E-state index in [0.717, 1.165) is 5.92 Å². The molecule has 0 heterocycles. The largest absolute Gasteiger partial charge is 0.311 e. The van der Waals surface area contributed by atoms with Crippen molar-refractivity contribution in [3.05, 3.63) is 0 Å². The molecule has 2 aliphatic carbocycles. The van der Waals surface area contributed by atoms with Crippen LogP contribution in [0.3, 0.4) is 0 Å². The molecule has 3 atom stereocenters. The Labute approximate surface area is 105 Å². The highest BCUT2D eigenvalue weighted by Crippen LogP contribution is 2.30. The third kappa shape index (κ3) is 3.94. The molecule has 2 aliphatic rings. The Morgan fingerprint density at radius 2 is 1.88 bits per heavy atom. The predicted molar refractivity (Wildman–Crippen MR) is 68.9 cm³/mol. The molecular formula is C14H27NO2. The van der Waals surface area contributed by atoms with Gasteiger partial charge in [-0.15, -0.1) is 0 Å². The standard InChI is InChI=1S/C14H27NO2/c1-11-7-8-12(10-17-16)14(9-11)15-13-5-3-2-4-6-13/h11-16H,2-10H2,1H3. The fraction of sp³-hybridized carbons (Fsp3) is 1.00. The van der Waals surface area contributed by atoms with E-state index in [0.29, 0.717) is 24.6 Å². The van der Waals surface area contributed by atoms with Crippen molar-refractivity contribution < 1.29 is 10.1 Å². The first kappa shape index (κ1) is 13.3. The first-order valence-electron chi connectivity index (χ1n) is 7.32. The lowest BCUT2D eigenvalue weighted by atomic mass is 9.78. The number of hydrogen-bond acceptors (Lipinski definition) is 3. The molecule has 0 aromatic rings. The molecule has 3 unspecified atom stereocenters. The lowest BCUT2D eigenvalue weighted by Crippen LogP contribution is -2.47. The Morgan fingerprint density at radius 1 is 1.12 bits per heavy atom. The molecule has 0 saturated heterocycles. The maximum Gasteiger partial charge on any atom is 0.0862 e. The summed E-state index contributed by atoms with van der Waals surface area (Å²) in [5, 5.41) is 12.5. The molecule has 0 aromatic heterocycles. The summed E-state index contributed by atoms with van der Waals surface area (Å²) < 4.78 is 0. The van der Waals surface area contributed by atoms with Crippen LogP contribution in [0.5, 0.6) is 0 Å². The van der Waals surface area contributed by atoms with Gasteiger partial charge in [0.25, 0.3) is 0 Å². The molecule has 17 heavy (non-hydrogen) atoms. The van der Waals surface area contributed by atoms with E-state index in [4.69, 9.17) is 5.26 Å². The van der Waals surface area contributed by atoms with Crippen LogP contribution in [0.2, 0.25) is 0 Å². The summed E-state index contributed by atoms with van der Waals surface area (Å²) >= 11 is 0. The second-order valence-electron chi connectivity index (χ2n) is 6.08. The first-order chi connectivity index (χ1) is 8.29. The molecule has 0 radical (unpaired) electrons. The number of hydrogen-bond donors (Lipinski definition) is 2. The Morgan fingerprint density at radius 3 is 2.59 bits per heavy atom. The zero-order valence-electron chi connectivity index (χ0n) is 11.0. The molecule has 2 rings (SSSR count). The van der Waals surface area contributed by atoms with Crippen molar-refractivity contribution in [2.45, 2.75) is 70.4 Å². The van der Waals surface area contributed by atoms with Gasteiger partial charge in [0.1, 0.15) is 0 Å². The molecule has 2 fully saturated rings. The van der Waals surface area contributed by atoms with Gasteiger partial charge in [0.2, 0.25) is 0 Å². The Hall–Kier alpha value is -0.120. The molecule has 0 spiro atoms. The Bertz CT molecular complexity index is 216. The van der Waals surface area contributed by atoms with E-state index >= 15 is 0 Å². The lowest BCUT2D eigenvalue weighted by molar-refractivity contribution is -0.254. The SMILES string of the molecule is CC1CCC(COO)C(NC2CCCCC2)C1. The van der Waals surface area contributed by atoms with Gasteiger partial charge < -0.3 is 5.32 Å². The smallest absolute Gasteiger partial charge is 0.0862 e. The first-order valence-corrected chi connectivity index (χ1v) is 7.32. The highest BCUT2D eigenvalue weighted by atomic mass is 17.1. The van der Waals surface area contributed by atoms with E-state index < -0.39 is 0 Å². The molecule has 100 valence electrons. The maximum atomic E-state index is 8.68. The molecule has 3 heteroatoms. The quantitative estimate of drug-likeness (QED) is 0.586. The van der Waals surface area contributed by atoms with Crippen molar-refractivity contribution in [2.75, 3.05) is 6.61 Å². The van der Waals surface area contributed by atoms with Crippen LogP contribution < -0.4 is 5.32 Å². The van der Waals surface area contributed by atoms with Crippen LogP contribution in [0.4, 0.5) is 0 Å². The van der Waals surface area contributed by atoms with Crippen LogP contribution in [0.25, 0.3) is 0 Å². The maximum absolute atomic E-state index is 8.68. The van der Waals surface area contributed by atoms with Crippen molar-refractivity contribution in [3.8, 4) is 0 Å². The van der Waals surface area contributed by atoms with Crippen molar-refractivity contribution in [2.24, 2.45) is 11.8 Å². The van der Waals surface area contributed by atoms with E-state index in [1.54, 1.807) is 0 Å². The molecule has 0 bridgehead atoms. The third-order valence-electron chi connectivity index (χ3n) is 4.60. The molecule has 2 saturated carbocycles. The van der Waals surface area contributed by atoms with Crippen LogP contribution >= 0.6 is 0 Å². The van der Waals surface area contributed by atoms with Crippen LogP contribution in [-0.4, -0.2) is 23.9 Å². The van der Waals surface area contributed by atoms with Gasteiger partial charge in [-0.3, -0.25) is 5.26 Å². The van der Waals surface area contributed by atoms with Gasteiger partial charge in [-0.2, -0.15) is 0 Å². The molecule has 0 amide bonds. The van der Waals surface area contributed by atoms with Gasteiger partial charge in [-0.25, -0.2) is 4.89 Å². The summed E-state index contributed by atoms with van der Waals surface area (Å²) in [6.07, 6.45) is 10.5. The Balaban J connectivity index is 1.85. The van der Waals surface area contributed by atoms with E-state index in [-0.39, 0.29) is 0 Å². The minimum absolute atomic E-state index is 0.497. The summed E-state index contributed by atoms with van der Waals surface area (Å²) in [6.45, 7) is 2.84. The predicted octanol–water partition coefficient (Wildman–Crippen LogP) is 3.20. The zero-order chi connectivity index (χ0) is 12.1. The fourth-order valence-electron chi connectivity index (χ4n) is 3.51. The normalized spacial score (nSPS) is 36.0. The monoisotopic (exact) mass is 241 g/mol. The van der Waals surface area contributed by atoms with Crippen LogP contribution in [0.1, 0.15) is 58.3 Å². The van der Waals surface area contributed by atoms with E-state index in [1.807, 2.05) is 0 Å². The fourth-order valence-corrected chi connectivity index (χ4v) is 3.51. The summed E-state index contributed by atoms with van der Waals surface area (Å²) in [5.41, 5.74) is 0. The molecule has 3 nitrogen and oxygen atoms in total.